The van der Waals surface area contributed by atoms with Gasteiger partial charge in [-0.25, -0.2) is 4.72 Å². The summed E-state index contributed by atoms with van der Waals surface area (Å²) in [6, 6.07) is -0.726. The van der Waals surface area contributed by atoms with E-state index < -0.39 is 16.3 Å². The van der Waals surface area contributed by atoms with E-state index in [9.17, 15) is 13.2 Å². The smallest absolute Gasteiger partial charge is 0.277 e. The van der Waals surface area contributed by atoms with E-state index in [0.29, 0.717) is 32.7 Å². The Morgan fingerprint density at radius 2 is 1.89 bits per heavy atom. The first-order valence-electron chi connectivity index (χ1n) is 6.43. The average Bonchev–Trinajstić information content (AvgIpc) is 2.37. The quantitative estimate of drug-likeness (QED) is 0.679. The van der Waals surface area contributed by atoms with E-state index in [1.807, 2.05) is 13.8 Å². The van der Waals surface area contributed by atoms with E-state index in [4.69, 9.17) is 4.74 Å². The van der Waals surface area contributed by atoms with Gasteiger partial charge in [-0.1, -0.05) is 13.8 Å². The second kappa shape index (κ2) is 7.18. The zero-order valence-electron chi connectivity index (χ0n) is 11.7. The third kappa shape index (κ3) is 5.43. The molecule has 1 fully saturated rings. The molecule has 1 saturated heterocycles. The maximum Gasteiger partial charge on any atom is 0.277 e. The van der Waals surface area contributed by atoms with Crippen molar-refractivity contribution in [3.8, 4) is 0 Å². The van der Waals surface area contributed by atoms with Gasteiger partial charge >= 0.3 is 0 Å². The molecule has 1 amide bonds. The number of carbonyl (C=O) groups is 1. The average molecular weight is 293 g/mol. The molecule has 1 rings (SSSR count). The van der Waals surface area contributed by atoms with Gasteiger partial charge in [0.25, 0.3) is 10.2 Å². The Balaban J connectivity index is 2.74. The third-order valence-corrected chi connectivity index (χ3v) is 4.03. The molecule has 112 valence electrons. The number of morpholine rings is 1. The number of hydrogen-bond acceptors (Lipinski definition) is 4. The molecule has 0 aromatic carbocycles. The molecule has 1 aliphatic rings. The van der Waals surface area contributed by atoms with Gasteiger partial charge in [-0.15, -0.1) is 0 Å². The maximum absolute atomic E-state index is 12.3. The normalized spacial score (nSPS) is 18.6. The molecule has 0 aliphatic carbocycles. The molecule has 1 heterocycles. The Bertz CT molecular complexity index is 391. The van der Waals surface area contributed by atoms with Crippen LogP contribution in [0.5, 0.6) is 0 Å². The molecule has 0 bridgehead atoms. The van der Waals surface area contributed by atoms with Crippen molar-refractivity contribution in [1.82, 2.24) is 14.3 Å². The summed E-state index contributed by atoms with van der Waals surface area (Å²) in [7, 11) is -2.31. The van der Waals surface area contributed by atoms with Gasteiger partial charge in [-0.05, 0) is 12.3 Å². The molecule has 0 aromatic heterocycles. The minimum Gasteiger partial charge on any atom is -0.378 e. The number of amides is 1. The first-order valence-corrected chi connectivity index (χ1v) is 7.91. The Kier molecular flexibility index (Phi) is 6.18. The van der Waals surface area contributed by atoms with Crippen molar-refractivity contribution in [2.24, 2.45) is 5.92 Å². The van der Waals surface area contributed by atoms with E-state index in [-0.39, 0.29) is 11.8 Å². The van der Waals surface area contributed by atoms with Gasteiger partial charge < -0.3 is 9.64 Å². The molecular formula is C11H23N3O4S. The largest absolute Gasteiger partial charge is 0.378 e. The molecule has 1 unspecified atom stereocenters. The Labute approximate surface area is 114 Å². The molecule has 7 nitrogen and oxygen atoms in total. The summed E-state index contributed by atoms with van der Waals surface area (Å²) in [4.78, 5) is 14.0. The van der Waals surface area contributed by atoms with Gasteiger partial charge in [0.05, 0.1) is 13.2 Å². The van der Waals surface area contributed by atoms with Gasteiger partial charge in [0.15, 0.2) is 0 Å². The minimum atomic E-state index is -3.63. The van der Waals surface area contributed by atoms with Gasteiger partial charge in [0, 0.05) is 20.1 Å². The van der Waals surface area contributed by atoms with Crippen LogP contribution in [-0.4, -0.2) is 58.6 Å². The molecule has 0 spiro atoms. The lowest BCUT2D eigenvalue weighted by molar-refractivity contribution is -0.137. The molecule has 2 N–H and O–H groups in total. The SMILES string of the molecule is CNS(=O)(=O)NC(CC(C)C)C(=O)N1CCOCC1. The van der Waals surface area contributed by atoms with Crippen LogP contribution in [0.25, 0.3) is 0 Å². The van der Waals surface area contributed by atoms with Crippen molar-refractivity contribution in [3.05, 3.63) is 0 Å². The van der Waals surface area contributed by atoms with Crippen molar-refractivity contribution in [2.45, 2.75) is 26.3 Å². The number of rotatable bonds is 6. The van der Waals surface area contributed by atoms with Gasteiger partial charge in [0.1, 0.15) is 6.04 Å². The Hall–Kier alpha value is -0.700. The summed E-state index contributed by atoms with van der Waals surface area (Å²) < 4.78 is 32.9. The summed E-state index contributed by atoms with van der Waals surface area (Å²) in [5.74, 6) is 0.0328. The first kappa shape index (κ1) is 16.4. The fraction of sp³-hybridized carbons (Fsp3) is 0.909. The fourth-order valence-corrected chi connectivity index (χ4v) is 2.61. The van der Waals surface area contributed by atoms with Gasteiger partial charge in [-0.3, -0.25) is 4.79 Å². The molecule has 1 atom stereocenters. The van der Waals surface area contributed by atoms with Crippen LogP contribution in [0, 0.1) is 5.92 Å². The lowest BCUT2D eigenvalue weighted by Gasteiger charge is -2.31. The molecule has 0 saturated carbocycles. The van der Waals surface area contributed by atoms with Crippen LogP contribution in [0.3, 0.4) is 0 Å². The number of carbonyl (C=O) groups excluding carboxylic acids is 1. The maximum atomic E-state index is 12.3. The predicted octanol–water partition coefficient (Wildman–Crippen LogP) is -0.686. The van der Waals surface area contributed by atoms with Crippen LogP contribution in [-0.2, 0) is 19.7 Å². The zero-order valence-corrected chi connectivity index (χ0v) is 12.5. The molecular weight excluding hydrogens is 270 g/mol. The fourth-order valence-electron chi connectivity index (χ4n) is 1.92. The monoisotopic (exact) mass is 293 g/mol. The molecule has 0 aromatic rings. The van der Waals surface area contributed by atoms with E-state index >= 15 is 0 Å². The number of hydrogen-bond donors (Lipinski definition) is 2. The summed E-state index contributed by atoms with van der Waals surface area (Å²) in [5.41, 5.74) is 0. The highest BCUT2D eigenvalue weighted by molar-refractivity contribution is 7.87. The van der Waals surface area contributed by atoms with Gasteiger partial charge in [-0.2, -0.15) is 13.1 Å². The highest BCUT2D eigenvalue weighted by atomic mass is 32.2. The standard InChI is InChI=1S/C11H23N3O4S/c1-9(2)8-10(13-19(16,17)12-3)11(15)14-4-6-18-7-5-14/h9-10,12-13H,4-8H2,1-3H3. The second-order valence-corrected chi connectivity index (χ2v) is 6.60. The highest BCUT2D eigenvalue weighted by Crippen LogP contribution is 2.10. The van der Waals surface area contributed by atoms with Crippen LogP contribution in [0.1, 0.15) is 20.3 Å². The molecule has 0 radical (unpaired) electrons. The van der Waals surface area contributed by atoms with Crippen molar-refractivity contribution in [2.75, 3.05) is 33.4 Å². The minimum absolute atomic E-state index is 0.184. The third-order valence-electron chi connectivity index (χ3n) is 2.89. The highest BCUT2D eigenvalue weighted by Gasteiger charge is 2.29. The summed E-state index contributed by atoms with van der Waals surface area (Å²) in [5, 5.41) is 0. The van der Waals surface area contributed by atoms with Gasteiger partial charge in [0.2, 0.25) is 5.91 Å². The van der Waals surface area contributed by atoms with E-state index in [0.717, 1.165) is 0 Å². The number of nitrogens with one attached hydrogen (secondary N) is 2. The van der Waals surface area contributed by atoms with Crippen LogP contribution < -0.4 is 9.44 Å². The summed E-state index contributed by atoms with van der Waals surface area (Å²) in [6.07, 6.45) is 0.469. The van der Waals surface area contributed by atoms with Crippen molar-refractivity contribution in [1.29, 1.82) is 0 Å². The Morgan fingerprint density at radius 1 is 1.32 bits per heavy atom. The van der Waals surface area contributed by atoms with E-state index in [1.165, 1.54) is 7.05 Å². The lowest BCUT2D eigenvalue weighted by atomic mass is 10.0. The van der Waals surface area contributed by atoms with Crippen molar-refractivity contribution < 1.29 is 17.9 Å². The number of ether oxygens (including phenoxy) is 1. The van der Waals surface area contributed by atoms with E-state index in [2.05, 4.69) is 9.44 Å². The zero-order chi connectivity index (χ0) is 14.5. The predicted molar refractivity (Wildman–Crippen MR) is 71.8 cm³/mol. The summed E-state index contributed by atoms with van der Waals surface area (Å²) in [6.45, 7) is 5.92. The topological polar surface area (TPSA) is 87.7 Å². The van der Waals surface area contributed by atoms with Crippen molar-refractivity contribution in [3.63, 3.8) is 0 Å². The molecule has 1 aliphatic heterocycles. The lowest BCUT2D eigenvalue weighted by Crippen LogP contribution is -2.53. The second-order valence-electron chi connectivity index (χ2n) is 4.95. The number of nitrogens with zero attached hydrogens (tertiary/aromatic N) is 1. The first-order chi connectivity index (χ1) is 8.85. The molecule has 8 heteroatoms. The van der Waals surface area contributed by atoms with Crippen molar-refractivity contribution >= 4 is 16.1 Å². The summed E-state index contributed by atoms with van der Waals surface area (Å²) >= 11 is 0. The van der Waals surface area contributed by atoms with Crippen LogP contribution in [0.4, 0.5) is 0 Å². The Morgan fingerprint density at radius 3 is 2.37 bits per heavy atom. The molecule has 19 heavy (non-hydrogen) atoms. The van der Waals surface area contributed by atoms with Crippen LogP contribution in [0.2, 0.25) is 0 Å². The van der Waals surface area contributed by atoms with Crippen LogP contribution >= 0.6 is 0 Å². The van der Waals surface area contributed by atoms with E-state index in [1.54, 1.807) is 4.90 Å². The van der Waals surface area contributed by atoms with Crippen LogP contribution in [0.15, 0.2) is 0 Å².